The van der Waals surface area contributed by atoms with Gasteiger partial charge in [-0.2, -0.15) is 0 Å². The average molecular weight is 821 g/mol. The Labute approximate surface area is 345 Å². The van der Waals surface area contributed by atoms with Crippen LogP contribution in [0.5, 0.6) is 0 Å². The normalized spacial score (nSPS) is 12.7. The maximum atomic E-state index is 13.6. The van der Waals surface area contributed by atoms with E-state index in [4.69, 9.17) is 9.47 Å². The Kier molecular flexibility index (Phi) is 13.1. The van der Waals surface area contributed by atoms with Crippen molar-refractivity contribution in [2.24, 2.45) is 0 Å². The number of carbonyl (C=O) groups excluding carboxylic acids is 4. The van der Waals surface area contributed by atoms with Gasteiger partial charge in [-0.3, -0.25) is 9.59 Å². The van der Waals surface area contributed by atoms with Crippen LogP contribution in [0.2, 0.25) is 0 Å². The predicted molar refractivity (Wildman–Crippen MR) is 232 cm³/mol. The number of para-hydroxylation sites is 2. The third-order valence-corrected chi connectivity index (χ3v) is 11.1. The summed E-state index contributed by atoms with van der Waals surface area (Å²) >= 11 is 0. The summed E-state index contributed by atoms with van der Waals surface area (Å²) in [5.41, 5.74) is 3.40. The molecule has 2 aromatic heterocycles. The van der Waals surface area contributed by atoms with Gasteiger partial charge in [0.05, 0.1) is 0 Å². The number of alkyl carbamates (subject to hydrolysis) is 2. The van der Waals surface area contributed by atoms with Gasteiger partial charge in [0.2, 0.25) is 11.8 Å². The summed E-state index contributed by atoms with van der Waals surface area (Å²) in [6, 6.07) is 28.7. The molecule has 6 aromatic rings. The van der Waals surface area contributed by atoms with Crippen molar-refractivity contribution in [2.45, 2.75) is 87.5 Å². The maximum absolute atomic E-state index is 13.6. The number of hydrogen-bond donors (Lipinski definition) is 6. The topological polar surface area (TPSA) is 166 Å². The molecule has 0 bridgehead atoms. The number of amides is 4. The fourth-order valence-corrected chi connectivity index (χ4v) is 8.03. The first-order chi connectivity index (χ1) is 27.6. The molecule has 0 aliphatic heterocycles. The van der Waals surface area contributed by atoms with E-state index in [1.165, 1.54) is 21.6 Å². The Bertz CT molecular complexity index is 2210. The SMILES string of the molecule is CC(C)(C)OC(=O)N[C@@H](Cc1c[nH]c2ccccc12)C(=O)Nc1ccc(SSc2ccc(NC(=O)[C@H](Cc3c[nH]c4ccccc34)NC(=O)OC(C)(C)C)cc2)cc1. The molecule has 6 rings (SSSR count). The van der Waals surface area contributed by atoms with Crippen LogP contribution in [-0.2, 0) is 31.9 Å². The van der Waals surface area contributed by atoms with E-state index in [1.54, 1.807) is 41.5 Å². The first kappa shape index (κ1) is 41.8. The monoisotopic (exact) mass is 820 g/mol. The molecule has 6 N–H and O–H groups in total. The first-order valence-corrected chi connectivity index (χ1v) is 21.0. The molecule has 2 atom stereocenters. The van der Waals surface area contributed by atoms with Gasteiger partial charge in [0.1, 0.15) is 23.3 Å². The Hall–Kier alpha value is -5.86. The van der Waals surface area contributed by atoms with Crippen molar-refractivity contribution in [1.29, 1.82) is 0 Å². The van der Waals surface area contributed by atoms with Crippen molar-refractivity contribution in [3.05, 3.63) is 121 Å². The highest BCUT2D eigenvalue weighted by Crippen LogP contribution is 2.38. The maximum Gasteiger partial charge on any atom is 0.408 e. The number of benzene rings is 4. The summed E-state index contributed by atoms with van der Waals surface area (Å²) in [4.78, 5) is 61.0. The number of rotatable bonds is 13. The van der Waals surface area contributed by atoms with Crippen LogP contribution in [0.15, 0.2) is 119 Å². The molecule has 14 heteroatoms. The minimum Gasteiger partial charge on any atom is -0.444 e. The summed E-state index contributed by atoms with van der Waals surface area (Å²) in [5.74, 6) is -0.744. The van der Waals surface area contributed by atoms with Crippen LogP contribution in [-0.4, -0.2) is 57.3 Å². The third kappa shape index (κ3) is 11.8. The molecular weight excluding hydrogens is 773 g/mol. The highest BCUT2D eigenvalue weighted by molar-refractivity contribution is 8.76. The number of fused-ring (bicyclic) bond motifs is 2. The Morgan fingerprint density at radius 3 is 1.28 bits per heavy atom. The van der Waals surface area contributed by atoms with E-state index in [9.17, 15) is 19.2 Å². The third-order valence-electron chi connectivity index (χ3n) is 8.69. The highest BCUT2D eigenvalue weighted by Gasteiger charge is 2.27. The van der Waals surface area contributed by atoms with Gasteiger partial charge in [-0.05, 0) is 113 Å². The van der Waals surface area contributed by atoms with Crippen molar-refractivity contribution in [2.75, 3.05) is 10.6 Å². The van der Waals surface area contributed by atoms with Crippen LogP contribution in [0.25, 0.3) is 21.8 Å². The fourth-order valence-electron chi connectivity index (χ4n) is 6.10. The van der Waals surface area contributed by atoms with Gasteiger partial charge < -0.3 is 40.7 Å². The summed E-state index contributed by atoms with van der Waals surface area (Å²) in [7, 11) is 3.08. The van der Waals surface area contributed by atoms with Crippen LogP contribution in [0, 0.1) is 0 Å². The van der Waals surface area contributed by atoms with E-state index in [0.717, 1.165) is 42.7 Å². The van der Waals surface area contributed by atoms with Crippen molar-refractivity contribution >= 4 is 78.8 Å². The van der Waals surface area contributed by atoms with E-state index in [0.29, 0.717) is 11.4 Å². The minimum atomic E-state index is -0.891. The number of aromatic amines is 2. The molecule has 0 radical (unpaired) electrons. The quantitative estimate of drug-likeness (QED) is 0.0627. The number of ether oxygens (including phenoxy) is 2. The number of aromatic nitrogens is 2. The second-order valence-electron chi connectivity index (χ2n) is 15.7. The zero-order valence-electron chi connectivity index (χ0n) is 33.2. The van der Waals surface area contributed by atoms with E-state index < -0.39 is 35.5 Å². The molecule has 0 saturated carbocycles. The number of nitrogens with one attached hydrogen (secondary N) is 6. The highest BCUT2D eigenvalue weighted by atomic mass is 33.1. The lowest BCUT2D eigenvalue weighted by atomic mass is 10.0. The van der Waals surface area contributed by atoms with E-state index in [1.807, 2.05) is 109 Å². The summed E-state index contributed by atoms with van der Waals surface area (Å²) in [5, 5.41) is 13.3. The van der Waals surface area contributed by atoms with Crippen molar-refractivity contribution in [1.82, 2.24) is 20.6 Å². The molecule has 0 aliphatic rings. The zero-order chi connectivity index (χ0) is 41.5. The lowest BCUT2D eigenvalue weighted by Gasteiger charge is -2.23. The van der Waals surface area contributed by atoms with Crippen molar-refractivity contribution in [3.63, 3.8) is 0 Å². The van der Waals surface area contributed by atoms with Gasteiger partial charge >= 0.3 is 12.2 Å². The number of H-pyrrole nitrogens is 2. The predicted octanol–water partition coefficient (Wildman–Crippen LogP) is 9.60. The van der Waals surface area contributed by atoms with Gasteiger partial charge in [-0.1, -0.05) is 58.0 Å². The fraction of sp³-hybridized carbons (Fsp3) is 0.273. The number of hydrogen-bond acceptors (Lipinski definition) is 8. The molecule has 0 aliphatic carbocycles. The molecule has 302 valence electrons. The summed E-state index contributed by atoms with van der Waals surface area (Å²) in [6.07, 6.45) is 2.88. The zero-order valence-corrected chi connectivity index (χ0v) is 34.9. The number of carbonyl (C=O) groups is 4. The average Bonchev–Trinajstić information content (AvgIpc) is 3.77. The van der Waals surface area contributed by atoms with Gasteiger partial charge in [0.15, 0.2) is 0 Å². The number of anilines is 2. The van der Waals surface area contributed by atoms with Gasteiger partial charge in [-0.15, -0.1) is 0 Å². The van der Waals surface area contributed by atoms with E-state index in [2.05, 4.69) is 31.2 Å². The second kappa shape index (κ2) is 18.2. The Balaban J connectivity index is 1.05. The summed E-state index contributed by atoms with van der Waals surface area (Å²) in [6.45, 7) is 10.6. The molecule has 0 spiro atoms. The van der Waals surface area contributed by atoms with Crippen molar-refractivity contribution in [3.8, 4) is 0 Å². The molecule has 2 heterocycles. The van der Waals surface area contributed by atoms with Gasteiger partial charge in [0, 0.05) is 68.2 Å². The molecule has 0 unspecified atom stereocenters. The van der Waals surface area contributed by atoms with Crippen LogP contribution >= 0.6 is 21.6 Å². The molecule has 4 aromatic carbocycles. The molecule has 4 amide bonds. The second-order valence-corrected chi connectivity index (χ2v) is 18.0. The minimum absolute atomic E-state index is 0.261. The first-order valence-electron chi connectivity index (χ1n) is 18.8. The van der Waals surface area contributed by atoms with Crippen molar-refractivity contribution < 1.29 is 28.7 Å². The lowest BCUT2D eigenvalue weighted by Crippen LogP contribution is -2.47. The molecule has 58 heavy (non-hydrogen) atoms. The lowest BCUT2D eigenvalue weighted by molar-refractivity contribution is -0.118. The van der Waals surface area contributed by atoms with E-state index in [-0.39, 0.29) is 24.7 Å². The Morgan fingerprint density at radius 2 is 0.914 bits per heavy atom. The van der Waals surface area contributed by atoms with Gasteiger partial charge in [0.25, 0.3) is 0 Å². The summed E-state index contributed by atoms with van der Waals surface area (Å²) < 4.78 is 10.9. The largest absolute Gasteiger partial charge is 0.444 e. The van der Waals surface area contributed by atoms with Crippen LogP contribution in [0.4, 0.5) is 21.0 Å². The molecule has 12 nitrogen and oxygen atoms in total. The van der Waals surface area contributed by atoms with E-state index >= 15 is 0 Å². The van der Waals surface area contributed by atoms with Crippen LogP contribution in [0.1, 0.15) is 52.7 Å². The Morgan fingerprint density at radius 1 is 0.552 bits per heavy atom. The van der Waals surface area contributed by atoms with Crippen LogP contribution in [0.3, 0.4) is 0 Å². The van der Waals surface area contributed by atoms with Gasteiger partial charge in [-0.25, -0.2) is 9.59 Å². The standard InChI is InChI=1S/C44H48N6O6S2/c1-43(2,3)55-41(53)49-37(23-27-25-45-35-13-9-7-11-33(27)35)39(51)47-29-15-19-31(20-16-29)57-58-32-21-17-30(18-22-32)48-40(52)38(50-42(54)56-44(4,5)6)24-28-26-46-36-14-10-8-12-34(28)36/h7-22,25-26,37-38,45-46H,23-24H2,1-6H3,(H,47,51)(H,48,52)(H,49,53)(H,50,54)/t37-,38-/m0/s1. The van der Waals surface area contributed by atoms with Crippen LogP contribution < -0.4 is 21.3 Å². The molecule has 0 saturated heterocycles. The smallest absolute Gasteiger partial charge is 0.408 e. The molecule has 0 fully saturated rings. The molecular formula is C44H48N6O6S2.